The van der Waals surface area contributed by atoms with Crippen molar-refractivity contribution in [2.24, 2.45) is 0 Å². The first-order chi connectivity index (χ1) is 9.87. The Balaban J connectivity index is 1.86. The molecule has 0 saturated carbocycles. The van der Waals surface area contributed by atoms with Crippen LogP contribution in [-0.2, 0) is 4.74 Å². The van der Waals surface area contributed by atoms with Crippen LogP contribution in [0.25, 0.3) is 0 Å². The van der Waals surface area contributed by atoms with Gasteiger partial charge in [-0.3, -0.25) is 0 Å². The van der Waals surface area contributed by atoms with Gasteiger partial charge < -0.3 is 19.4 Å². The quantitative estimate of drug-likeness (QED) is 0.925. The number of likely N-dealkylation sites (tertiary alicyclic amines) is 1. The third-order valence-electron chi connectivity index (χ3n) is 3.63. The van der Waals surface area contributed by atoms with Gasteiger partial charge in [-0.25, -0.2) is 4.79 Å². The number of hydrogen-bond acceptors (Lipinski definition) is 4. The van der Waals surface area contributed by atoms with E-state index in [0.717, 1.165) is 31.7 Å². The minimum absolute atomic E-state index is 0.140. The number of nitrogens with one attached hydrogen (secondary N) is 1. The van der Waals surface area contributed by atoms with E-state index in [1.807, 2.05) is 37.8 Å². The van der Waals surface area contributed by atoms with Crippen LogP contribution in [0.1, 0.15) is 52.3 Å². The monoisotopic (exact) mass is 294 g/mol. The second-order valence-electron chi connectivity index (χ2n) is 6.62. The lowest BCUT2D eigenvalue weighted by Gasteiger charge is -2.29. The summed E-state index contributed by atoms with van der Waals surface area (Å²) < 4.78 is 10.9. The second-order valence-corrected chi connectivity index (χ2v) is 6.62. The van der Waals surface area contributed by atoms with Crippen LogP contribution < -0.4 is 5.32 Å². The van der Waals surface area contributed by atoms with E-state index >= 15 is 0 Å². The molecular weight excluding hydrogens is 268 g/mol. The molecule has 0 spiro atoms. The molecule has 1 aromatic heterocycles. The predicted molar refractivity (Wildman–Crippen MR) is 81.1 cm³/mol. The van der Waals surface area contributed by atoms with Crippen LogP contribution in [0.3, 0.4) is 0 Å². The summed E-state index contributed by atoms with van der Waals surface area (Å²) in [6.45, 7) is 9.27. The Bertz CT molecular complexity index is 451. The molecule has 2 heterocycles. The molecule has 1 saturated heterocycles. The molecule has 2 atom stereocenters. The van der Waals surface area contributed by atoms with Crippen LogP contribution >= 0.6 is 0 Å². The number of furan rings is 1. The van der Waals surface area contributed by atoms with Gasteiger partial charge >= 0.3 is 6.09 Å². The lowest BCUT2D eigenvalue weighted by molar-refractivity contribution is 0.0224. The van der Waals surface area contributed by atoms with Crippen LogP contribution in [0.5, 0.6) is 0 Å². The maximum Gasteiger partial charge on any atom is 0.410 e. The molecular formula is C16H26N2O3. The number of amides is 1. The maximum absolute atomic E-state index is 12.2. The van der Waals surface area contributed by atoms with E-state index in [-0.39, 0.29) is 18.2 Å². The Morgan fingerprint density at radius 1 is 1.57 bits per heavy atom. The molecule has 1 N–H and O–H groups in total. The molecule has 1 aromatic rings. The zero-order valence-electron chi connectivity index (χ0n) is 13.4. The van der Waals surface area contributed by atoms with Gasteiger partial charge in [0.15, 0.2) is 0 Å². The molecule has 1 aliphatic heterocycles. The molecule has 1 unspecified atom stereocenters. The number of nitrogens with zero attached hydrogens (tertiary/aromatic N) is 1. The van der Waals surface area contributed by atoms with Crippen molar-refractivity contribution in [3.63, 3.8) is 0 Å². The smallest absolute Gasteiger partial charge is 0.410 e. The van der Waals surface area contributed by atoms with Gasteiger partial charge in [-0.05, 0) is 52.7 Å². The highest BCUT2D eigenvalue weighted by atomic mass is 16.6. The normalized spacial score (nSPS) is 20.6. The average Bonchev–Trinajstić information content (AvgIpc) is 3.04. The van der Waals surface area contributed by atoms with Gasteiger partial charge in [0.2, 0.25) is 0 Å². The molecule has 0 aromatic carbocycles. The molecule has 5 nitrogen and oxygen atoms in total. The highest BCUT2D eigenvalue weighted by Crippen LogP contribution is 2.21. The largest absolute Gasteiger partial charge is 0.468 e. The second kappa shape index (κ2) is 6.52. The van der Waals surface area contributed by atoms with Crippen molar-refractivity contribution < 1.29 is 13.9 Å². The van der Waals surface area contributed by atoms with Gasteiger partial charge in [-0.2, -0.15) is 0 Å². The summed E-state index contributed by atoms with van der Waals surface area (Å²) in [5.74, 6) is 0.914. The molecule has 0 aliphatic carbocycles. The van der Waals surface area contributed by atoms with E-state index in [1.54, 1.807) is 6.26 Å². The van der Waals surface area contributed by atoms with Crippen molar-refractivity contribution >= 4 is 6.09 Å². The first-order valence-electron chi connectivity index (χ1n) is 7.63. The Morgan fingerprint density at radius 2 is 2.33 bits per heavy atom. The predicted octanol–water partition coefficient (Wildman–Crippen LogP) is 3.33. The van der Waals surface area contributed by atoms with Crippen molar-refractivity contribution in [1.29, 1.82) is 0 Å². The third kappa shape index (κ3) is 4.49. The van der Waals surface area contributed by atoms with Crippen LogP contribution in [0, 0.1) is 0 Å². The Kier molecular flexibility index (Phi) is 4.93. The van der Waals surface area contributed by atoms with Crippen molar-refractivity contribution in [3.8, 4) is 0 Å². The maximum atomic E-state index is 12.2. The fourth-order valence-corrected chi connectivity index (χ4v) is 2.56. The molecule has 2 rings (SSSR count). The summed E-state index contributed by atoms with van der Waals surface area (Å²) in [7, 11) is 0. The van der Waals surface area contributed by atoms with E-state index in [2.05, 4.69) is 12.2 Å². The highest BCUT2D eigenvalue weighted by Gasteiger charge is 2.32. The van der Waals surface area contributed by atoms with Crippen LogP contribution in [0.4, 0.5) is 4.79 Å². The minimum atomic E-state index is -0.445. The number of rotatable bonds is 4. The van der Waals surface area contributed by atoms with Gasteiger partial charge in [-0.15, -0.1) is 0 Å². The molecule has 1 amide bonds. The van der Waals surface area contributed by atoms with Crippen molar-refractivity contribution in [1.82, 2.24) is 10.2 Å². The van der Waals surface area contributed by atoms with Gasteiger partial charge in [0.05, 0.1) is 12.3 Å². The average molecular weight is 294 g/mol. The lowest BCUT2D eigenvalue weighted by Crippen LogP contribution is -2.44. The zero-order chi connectivity index (χ0) is 15.5. The molecule has 118 valence electrons. The number of carbonyl (C=O) groups excluding carboxylic acids is 1. The van der Waals surface area contributed by atoms with E-state index in [9.17, 15) is 4.79 Å². The van der Waals surface area contributed by atoms with Gasteiger partial charge in [0.25, 0.3) is 0 Å². The van der Waals surface area contributed by atoms with Gasteiger partial charge in [-0.1, -0.05) is 0 Å². The summed E-state index contributed by atoms with van der Waals surface area (Å²) in [5, 5.41) is 3.43. The highest BCUT2D eigenvalue weighted by molar-refractivity contribution is 5.69. The Morgan fingerprint density at radius 3 is 2.95 bits per heavy atom. The molecule has 5 heteroatoms. The van der Waals surface area contributed by atoms with Crippen molar-refractivity contribution in [2.75, 3.05) is 13.1 Å². The van der Waals surface area contributed by atoms with E-state index in [1.165, 1.54) is 0 Å². The van der Waals surface area contributed by atoms with Crippen LogP contribution in [0.2, 0.25) is 0 Å². The zero-order valence-corrected chi connectivity index (χ0v) is 13.4. The van der Waals surface area contributed by atoms with Crippen molar-refractivity contribution in [2.45, 2.75) is 58.2 Å². The van der Waals surface area contributed by atoms with Gasteiger partial charge in [0.1, 0.15) is 11.4 Å². The molecule has 1 fully saturated rings. The first-order valence-corrected chi connectivity index (χ1v) is 7.63. The minimum Gasteiger partial charge on any atom is -0.468 e. The lowest BCUT2D eigenvalue weighted by atomic mass is 10.2. The van der Waals surface area contributed by atoms with E-state index in [0.29, 0.717) is 0 Å². The first kappa shape index (κ1) is 15.9. The SMILES string of the molecule is C[C@H](NCC1CCCN1C(=O)OC(C)(C)C)c1ccco1. The summed E-state index contributed by atoms with van der Waals surface area (Å²) in [5.41, 5.74) is -0.445. The fourth-order valence-electron chi connectivity index (χ4n) is 2.56. The number of carbonyl (C=O) groups is 1. The standard InChI is InChI=1S/C16H26N2O3/c1-12(14-8-6-10-20-14)17-11-13-7-5-9-18(13)15(19)21-16(2,3)4/h6,8,10,12-13,17H,5,7,9,11H2,1-4H3/t12-,13?/m0/s1. The van der Waals surface area contributed by atoms with E-state index < -0.39 is 5.60 Å². The number of ether oxygens (including phenoxy) is 1. The Labute approximate surface area is 126 Å². The third-order valence-corrected chi connectivity index (χ3v) is 3.63. The summed E-state index contributed by atoms with van der Waals surface area (Å²) >= 11 is 0. The van der Waals surface area contributed by atoms with Gasteiger partial charge in [0, 0.05) is 19.1 Å². The van der Waals surface area contributed by atoms with Crippen molar-refractivity contribution in [3.05, 3.63) is 24.2 Å². The summed E-state index contributed by atoms with van der Waals surface area (Å²) in [6, 6.07) is 4.17. The van der Waals surface area contributed by atoms with E-state index in [4.69, 9.17) is 9.15 Å². The summed E-state index contributed by atoms with van der Waals surface area (Å²) in [4.78, 5) is 14.0. The summed E-state index contributed by atoms with van der Waals surface area (Å²) in [6.07, 6.45) is 3.51. The molecule has 1 aliphatic rings. The molecule has 0 bridgehead atoms. The Hall–Kier alpha value is -1.49. The fraction of sp³-hybridized carbons (Fsp3) is 0.688. The topological polar surface area (TPSA) is 54.7 Å². The number of hydrogen-bond donors (Lipinski definition) is 1. The van der Waals surface area contributed by atoms with Crippen LogP contribution in [-0.4, -0.2) is 35.7 Å². The molecule has 0 radical (unpaired) electrons. The molecule has 21 heavy (non-hydrogen) atoms. The van der Waals surface area contributed by atoms with Crippen LogP contribution in [0.15, 0.2) is 22.8 Å².